The Morgan fingerprint density at radius 2 is 1.81 bits per heavy atom. The van der Waals surface area contributed by atoms with Gasteiger partial charge in [0.05, 0.1) is 11.7 Å². The van der Waals surface area contributed by atoms with Gasteiger partial charge in [-0.05, 0) is 48.6 Å². The van der Waals surface area contributed by atoms with Crippen molar-refractivity contribution in [3.05, 3.63) is 65.0 Å². The molecule has 1 atom stereocenters. The number of rotatable bonds is 6. The largest absolute Gasteiger partial charge is 0.309 e. The van der Waals surface area contributed by atoms with E-state index in [1.165, 1.54) is 16.7 Å². The van der Waals surface area contributed by atoms with E-state index in [0.717, 1.165) is 18.7 Å². The fourth-order valence-corrected chi connectivity index (χ4v) is 2.65. The Kier molecular flexibility index (Phi) is 5.51. The molecule has 2 aromatic rings. The second kappa shape index (κ2) is 7.37. The van der Waals surface area contributed by atoms with E-state index in [1.54, 1.807) is 0 Å². The van der Waals surface area contributed by atoms with Crippen LogP contribution in [0.15, 0.2) is 42.6 Å². The van der Waals surface area contributed by atoms with Crippen molar-refractivity contribution in [2.75, 3.05) is 6.54 Å². The summed E-state index contributed by atoms with van der Waals surface area (Å²) in [6.07, 6.45) is 2.86. The summed E-state index contributed by atoms with van der Waals surface area (Å²) in [5.41, 5.74) is 5.16. The van der Waals surface area contributed by atoms with Crippen LogP contribution in [0.25, 0.3) is 0 Å². The number of nitrogens with one attached hydrogen (secondary N) is 1. The third-order valence-electron chi connectivity index (χ3n) is 3.92. The summed E-state index contributed by atoms with van der Waals surface area (Å²) in [5, 5.41) is 3.56. The van der Waals surface area contributed by atoms with Gasteiger partial charge in [0, 0.05) is 6.20 Å². The minimum absolute atomic E-state index is 0.279. The quantitative estimate of drug-likeness (QED) is 0.849. The van der Waals surface area contributed by atoms with Gasteiger partial charge in [-0.1, -0.05) is 51.1 Å². The van der Waals surface area contributed by atoms with E-state index in [1.807, 2.05) is 12.3 Å². The maximum Gasteiger partial charge on any atom is 0.0605 e. The van der Waals surface area contributed by atoms with Crippen LogP contribution in [0.3, 0.4) is 0 Å². The van der Waals surface area contributed by atoms with Crippen molar-refractivity contribution in [2.24, 2.45) is 0 Å². The highest BCUT2D eigenvalue weighted by atomic mass is 14.9. The number of aromatic nitrogens is 1. The predicted octanol–water partition coefficient (Wildman–Crippen LogP) is 4.41. The number of likely N-dealkylation sites (N-methyl/N-ethyl adjacent to an activating group) is 1. The lowest BCUT2D eigenvalue weighted by atomic mass is 9.96. The molecule has 0 fully saturated rings. The number of benzene rings is 1. The van der Waals surface area contributed by atoms with Crippen LogP contribution >= 0.6 is 0 Å². The number of nitrogens with zero attached hydrogens (tertiary/aromatic N) is 1. The molecule has 21 heavy (non-hydrogen) atoms. The summed E-state index contributed by atoms with van der Waals surface area (Å²) >= 11 is 0. The molecule has 1 aromatic carbocycles. The average Bonchev–Trinajstić information content (AvgIpc) is 2.48. The minimum Gasteiger partial charge on any atom is -0.309 e. The van der Waals surface area contributed by atoms with Crippen LogP contribution in [0.4, 0.5) is 0 Å². The monoisotopic (exact) mass is 282 g/mol. The maximum atomic E-state index is 4.58. The molecule has 0 amide bonds. The predicted molar refractivity (Wildman–Crippen MR) is 89.6 cm³/mol. The molecule has 0 radical (unpaired) electrons. The third kappa shape index (κ3) is 4.15. The lowest BCUT2D eigenvalue weighted by Gasteiger charge is -2.19. The molecule has 1 N–H and O–H groups in total. The number of hydrogen-bond acceptors (Lipinski definition) is 2. The van der Waals surface area contributed by atoms with Crippen molar-refractivity contribution < 1.29 is 0 Å². The first kappa shape index (κ1) is 15.7. The number of aryl methyl sites for hydroxylation is 1. The molecule has 1 aromatic heterocycles. The van der Waals surface area contributed by atoms with Gasteiger partial charge in [-0.15, -0.1) is 0 Å². The van der Waals surface area contributed by atoms with E-state index >= 15 is 0 Å². The van der Waals surface area contributed by atoms with Gasteiger partial charge in [0.1, 0.15) is 0 Å². The topological polar surface area (TPSA) is 24.9 Å². The van der Waals surface area contributed by atoms with Crippen molar-refractivity contribution in [2.45, 2.75) is 46.1 Å². The fourth-order valence-electron chi connectivity index (χ4n) is 2.65. The van der Waals surface area contributed by atoms with Gasteiger partial charge in [-0.25, -0.2) is 0 Å². The molecule has 0 aliphatic carbocycles. The zero-order valence-corrected chi connectivity index (χ0v) is 13.6. The van der Waals surface area contributed by atoms with Crippen molar-refractivity contribution in [3.8, 4) is 0 Å². The van der Waals surface area contributed by atoms with Crippen LogP contribution in [0.2, 0.25) is 0 Å². The molecule has 0 spiro atoms. The fraction of sp³-hybridized carbons (Fsp3) is 0.421. The van der Waals surface area contributed by atoms with Gasteiger partial charge in [0.15, 0.2) is 0 Å². The summed E-state index contributed by atoms with van der Waals surface area (Å²) in [4.78, 5) is 4.58. The second-order valence-corrected chi connectivity index (χ2v) is 5.92. The molecular formula is C19H26N2. The highest BCUT2D eigenvalue weighted by Crippen LogP contribution is 2.21. The van der Waals surface area contributed by atoms with Gasteiger partial charge >= 0.3 is 0 Å². The zero-order valence-electron chi connectivity index (χ0n) is 13.6. The molecule has 112 valence electrons. The molecule has 0 aliphatic heterocycles. The molecular weight excluding hydrogens is 256 g/mol. The molecule has 2 nitrogen and oxygen atoms in total. The SMILES string of the molecule is CCNC(Cc1ccc(C(C)C)cc1)c1ncccc1C. The first-order valence-electron chi connectivity index (χ1n) is 7.85. The summed E-state index contributed by atoms with van der Waals surface area (Å²) in [7, 11) is 0. The van der Waals surface area contributed by atoms with E-state index in [2.05, 4.69) is 68.3 Å². The Balaban J connectivity index is 2.18. The molecule has 2 heteroatoms. The van der Waals surface area contributed by atoms with Crippen LogP contribution in [-0.2, 0) is 6.42 Å². The number of hydrogen-bond donors (Lipinski definition) is 1. The normalized spacial score (nSPS) is 12.6. The van der Waals surface area contributed by atoms with E-state index in [4.69, 9.17) is 0 Å². The van der Waals surface area contributed by atoms with Crippen molar-refractivity contribution in [1.29, 1.82) is 0 Å². The molecule has 0 aliphatic rings. The Bertz CT molecular complexity index is 558. The Hall–Kier alpha value is -1.67. The van der Waals surface area contributed by atoms with Gasteiger partial charge in [-0.3, -0.25) is 4.98 Å². The van der Waals surface area contributed by atoms with Gasteiger partial charge in [-0.2, -0.15) is 0 Å². The highest BCUT2D eigenvalue weighted by Gasteiger charge is 2.14. The molecule has 2 rings (SSSR count). The van der Waals surface area contributed by atoms with Crippen LogP contribution in [-0.4, -0.2) is 11.5 Å². The molecule has 0 saturated heterocycles. The van der Waals surface area contributed by atoms with Crippen molar-refractivity contribution in [1.82, 2.24) is 10.3 Å². The molecule has 0 saturated carbocycles. The Morgan fingerprint density at radius 1 is 1.10 bits per heavy atom. The maximum absolute atomic E-state index is 4.58. The molecule has 1 unspecified atom stereocenters. The lowest BCUT2D eigenvalue weighted by Crippen LogP contribution is -2.24. The van der Waals surface area contributed by atoms with E-state index < -0.39 is 0 Å². The second-order valence-electron chi connectivity index (χ2n) is 5.92. The standard InChI is InChI=1S/C19H26N2/c1-5-20-18(19-15(4)7-6-12-21-19)13-16-8-10-17(11-9-16)14(2)3/h6-12,14,18,20H,5,13H2,1-4H3. The highest BCUT2D eigenvalue weighted by molar-refractivity contribution is 5.28. The van der Waals surface area contributed by atoms with Gasteiger partial charge in [0.25, 0.3) is 0 Å². The number of pyridine rings is 1. The van der Waals surface area contributed by atoms with Crippen LogP contribution in [0.5, 0.6) is 0 Å². The van der Waals surface area contributed by atoms with Crippen LogP contribution in [0, 0.1) is 6.92 Å². The Labute approximate surface area is 128 Å². The van der Waals surface area contributed by atoms with Crippen LogP contribution in [0.1, 0.15) is 55.1 Å². The van der Waals surface area contributed by atoms with Crippen molar-refractivity contribution >= 4 is 0 Å². The first-order chi connectivity index (χ1) is 10.1. The summed E-state index contributed by atoms with van der Waals surface area (Å²) in [6.45, 7) is 9.69. The van der Waals surface area contributed by atoms with E-state index in [-0.39, 0.29) is 6.04 Å². The average molecular weight is 282 g/mol. The molecule has 0 bridgehead atoms. The minimum atomic E-state index is 0.279. The van der Waals surface area contributed by atoms with Gasteiger partial charge < -0.3 is 5.32 Å². The third-order valence-corrected chi connectivity index (χ3v) is 3.92. The summed E-state index contributed by atoms with van der Waals surface area (Å²) < 4.78 is 0. The molecule has 1 heterocycles. The first-order valence-corrected chi connectivity index (χ1v) is 7.85. The van der Waals surface area contributed by atoms with E-state index in [9.17, 15) is 0 Å². The summed E-state index contributed by atoms with van der Waals surface area (Å²) in [6, 6.07) is 13.4. The smallest absolute Gasteiger partial charge is 0.0605 e. The zero-order chi connectivity index (χ0) is 15.2. The van der Waals surface area contributed by atoms with E-state index in [0.29, 0.717) is 5.92 Å². The van der Waals surface area contributed by atoms with Gasteiger partial charge in [0.2, 0.25) is 0 Å². The van der Waals surface area contributed by atoms with Crippen molar-refractivity contribution in [3.63, 3.8) is 0 Å². The lowest BCUT2D eigenvalue weighted by molar-refractivity contribution is 0.534. The summed E-state index contributed by atoms with van der Waals surface area (Å²) in [5.74, 6) is 0.585. The van der Waals surface area contributed by atoms with Crippen LogP contribution < -0.4 is 5.32 Å². The Morgan fingerprint density at radius 3 is 2.38 bits per heavy atom.